The minimum absolute atomic E-state index is 0.0641. The molecule has 0 saturated carbocycles. The van der Waals surface area contributed by atoms with E-state index >= 15 is 0 Å². The quantitative estimate of drug-likeness (QED) is 0.618. The molecule has 186 valence electrons. The smallest absolute Gasteiger partial charge is 0.416 e. The number of halogens is 3. The fraction of sp³-hybridized carbons (Fsp3) is 0.435. The minimum Gasteiger partial charge on any atom is -0.494 e. The summed E-state index contributed by atoms with van der Waals surface area (Å²) in [6.07, 6.45) is -4.01. The molecule has 1 N–H and O–H groups in total. The fourth-order valence-corrected chi connectivity index (χ4v) is 5.29. The first-order chi connectivity index (χ1) is 15.9. The molecule has 11 heteroatoms. The molecule has 0 bridgehead atoms. The Balaban J connectivity index is 1.68. The number of amides is 1. The summed E-state index contributed by atoms with van der Waals surface area (Å²) in [6.45, 7) is 2.57. The predicted molar refractivity (Wildman–Crippen MR) is 123 cm³/mol. The highest BCUT2D eigenvalue weighted by Crippen LogP contribution is 2.35. The highest BCUT2D eigenvalue weighted by atomic mass is 32.2. The van der Waals surface area contributed by atoms with E-state index in [4.69, 9.17) is 4.74 Å². The number of nitrogens with zero attached hydrogens (tertiary/aromatic N) is 2. The fourth-order valence-electron chi connectivity index (χ4n) is 3.82. The summed E-state index contributed by atoms with van der Waals surface area (Å²) in [4.78, 5) is 14.6. The van der Waals surface area contributed by atoms with E-state index < -0.39 is 33.6 Å². The number of carbonyl (C=O) groups is 1. The summed E-state index contributed by atoms with van der Waals surface area (Å²) in [7, 11) is -0.389. The number of benzene rings is 2. The molecule has 1 aliphatic rings. The Morgan fingerprint density at radius 1 is 1.12 bits per heavy atom. The summed E-state index contributed by atoms with van der Waals surface area (Å²) >= 11 is 0. The first kappa shape index (κ1) is 25.8. The maximum absolute atomic E-state index is 13.2. The van der Waals surface area contributed by atoms with Gasteiger partial charge >= 0.3 is 6.18 Å². The molecule has 0 aliphatic carbocycles. The number of carbonyl (C=O) groups excluding carboxylic acids is 1. The van der Waals surface area contributed by atoms with Gasteiger partial charge in [0.05, 0.1) is 28.4 Å². The van der Waals surface area contributed by atoms with Gasteiger partial charge in [0.2, 0.25) is 15.9 Å². The van der Waals surface area contributed by atoms with Gasteiger partial charge < -0.3 is 15.0 Å². The molecule has 0 radical (unpaired) electrons. The zero-order chi connectivity index (χ0) is 25.1. The molecule has 1 amide bonds. The molecule has 3 rings (SSSR count). The van der Waals surface area contributed by atoms with Gasteiger partial charge in [0.1, 0.15) is 5.75 Å². The Labute approximate surface area is 197 Å². The molecule has 2 aromatic rings. The summed E-state index contributed by atoms with van der Waals surface area (Å²) < 4.78 is 72.0. The van der Waals surface area contributed by atoms with Crippen molar-refractivity contribution in [1.29, 1.82) is 0 Å². The van der Waals surface area contributed by atoms with Gasteiger partial charge in [-0.3, -0.25) is 4.79 Å². The van der Waals surface area contributed by atoms with Gasteiger partial charge in [-0.15, -0.1) is 0 Å². The van der Waals surface area contributed by atoms with Crippen LogP contribution in [-0.2, 0) is 21.0 Å². The number of anilines is 2. The van der Waals surface area contributed by atoms with Crippen molar-refractivity contribution in [2.45, 2.75) is 30.8 Å². The van der Waals surface area contributed by atoms with E-state index in [1.165, 1.54) is 22.5 Å². The van der Waals surface area contributed by atoms with E-state index in [0.717, 1.165) is 12.1 Å². The number of ether oxygens (including phenoxy) is 1. The van der Waals surface area contributed by atoms with Gasteiger partial charge in [0, 0.05) is 33.1 Å². The molecule has 1 saturated heterocycles. The van der Waals surface area contributed by atoms with Crippen molar-refractivity contribution in [2.75, 3.05) is 44.0 Å². The Kier molecular flexibility index (Phi) is 7.77. The van der Waals surface area contributed by atoms with Gasteiger partial charge in [-0.05, 0) is 62.2 Å². The van der Waals surface area contributed by atoms with Crippen LogP contribution in [0.3, 0.4) is 0 Å². The number of hydrogen-bond donors (Lipinski definition) is 1. The number of piperidine rings is 1. The van der Waals surface area contributed by atoms with Gasteiger partial charge in [-0.25, -0.2) is 8.42 Å². The van der Waals surface area contributed by atoms with Crippen LogP contribution in [0, 0.1) is 5.92 Å². The van der Waals surface area contributed by atoms with Crippen molar-refractivity contribution in [3.8, 4) is 5.75 Å². The second kappa shape index (κ2) is 10.2. The van der Waals surface area contributed by atoms with Gasteiger partial charge in [0.25, 0.3) is 0 Å². The van der Waals surface area contributed by atoms with Crippen molar-refractivity contribution in [3.63, 3.8) is 0 Å². The van der Waals surface area contributed by atoms with E-state index in [-0.39, 0.29) is 36.5 Å². The summed E-state index contributed by atoms with van der Waals surface area (Å²) in [5.41, 5.74) is -0.351. The van der Waals surface area contributed by atoms with Crippen LogP contribution in [0.15, 0.2) is 47.4 Å². The highest BCUT2D eigenvalue weighted by molar-refractivity contribution is 7.89. The molecule has 0 aromatic heterocycles. The van der Waals surface area contributed by atoms with Crippen LogP contribution < -0.4 is 15.0 Å². The van der Waals surface area contributed by atoms with E-state index in [2.05, 4.69) is 5.32 Å². The van der Waals surface area contributed by atoms with Crippen LogP contribution in [0.4, 0.5) is 24.5 Å². The van der Waals surface area contributed by atoms with Crippen LogP contribution in [0.1, 0.15) is 25.3 Å². The number of hydrogen-bond acceptors (Lipinski definition) is 5. The predicted octanol–water partition coefficient (Wildman–Crippen LogP) is 4.21. The number of rotatable bonds is 7. The average Bonchev–Trinajstić information content (AvgIpc) is 2.79. The third-order valence-electron chi connectivity index (χ3n) is 5.66. The molecule has 2 aromatic carbocycles. The molecule has 1 fully saturated rings. The largest absolute Gasteiger partial charge is 0.494 e. The molecule has 1 heterocycles. The topological polar surface area (TPSA) is 79.0 Å². The monoisotopic (exact) mass is 499 g/mol. The van der Waals surface area contributed by atoms with Crippen molar-refractivity contribution < 1.29 is 31.1 Å². The highest BCUT2D eigenvalue weighted by Gasteiger charge is 2.34. The zero-order valence-electron chi connectivity index (χ0n) is 19.2. The van der Waals surface area contributed by atoms with E-state index in [0.29, 0.717) is 18.0 Å². The van der Waals surface area contributed by atoms with Crippen molar-refractivity contribution >= 4 is 27.3 Å². The van der Waals surface area contributed by atoms with E-state index in [1.54, 1.807) is 31.1 Å². The lowest BCUT2D eigenvalue weighted by Gasteiger charge is -2.31. The third kappa shape index (κ3) is 5.82. The van der Waals surface area contributed by atoms with E-state index in [9.17, 15) is 26.4 Å². The Hall–Kier alpha value is -2.79. The van der Waals surface area contributed by atoms with Gasteiger partial charge in [-0.2, -0.15) is 17.5 Å². The Morgan fingerprint density at radius 2 is 1.74 bits per heavy atom. The molecular formula is C23H28F3N3O4S. The number of alkyl halides is 3. The zero-order valence-corrected chi connectivity index (χ0v) is 20.0. The van der Waals surface area contributed by atoms with Crippen LogP contribution in [0.25, 0.3) is 0 Å². The second-order valence-corrected chi connectivity index (χ2v) is 10.1. The SMILES string of the molecule is CCOc1ccc(S(=O)(=O)N2CCC(C(=O)Nc3cc(C(F)(F)F)ccc3N(C)C)CC2)cc1. The normalized spacial score (nSPS) is 15.7. The molecule has 0 atom stereocenters. The number of sulfonamides is 1. The lowest BCUT2D eigenvalue weighted by Crippen LogP contribution is -2.41. The van der Waals surface area contributed by atoms with E-state index in [1.807, 2.05) is 6.92 Å². The molecule has 1 aliphatic heterocycles. The molecule has 0 unspecified atom stereocenters. The number of nitrogens with one attached hydrogen (secondary N) is 1. The molecule has 34 heavy (non-hydrogen) atoms. The summed E-state index contributed by atoms with van der Waals surface area (Å²) in [5, 5.41) is 2.62. The van der Waals surface area contributed by atoms with Crippen LogP contribution in [0.5, 0.6) is 5.75 Å². The average molecular weight is 500 g/mol. The van der Waals surface area contributed by atoms with Crippen LogP contribution in [0.2, 0.25) is 0 Å². The maximum atomic E-state index is 13.2. The first-order valence-corrected chi connectivity index (χ1v) is 12.3. The van der Waals surface area contributed by atoms with Crippen molar-refractivity contribution in [2.24, 2.45) is 5.92 Å². The summed E-state index contributed by atoms with van der Waals surface area (Å²) in [6, 6.07) is 9.34. The Bertz CT molecular complexity index is 1110. The molecular weight excluding hydrogens is 471 g/mol. The maximum Gasteiger partial charge on any atom is 0.416 e. The lowest BCUT2D eigenvalue weighted by atomic mass is 9.97. The lowest BCUT2D eigenvalue weighted by molar-refractivity contribution is -0.137. The summed E-state index contributed by atoms with van der Waals surface area (Å²) in [5.74, 6) is -0.375. The molecule has 0 spiro atoms. The van der Waals surface area contributed by atoms with Crippen LogP contribution >= 0.6 is 0 Å². The van der Waals surface area contributed by atoms with Gasteiger partial charge in [-0.1, -0.05) is 0 Å². The first-order valence-electron chi connectivity index (χ1n) is 10.9. The second-order valence-electron chi connectivity index (χ2n) is 8.20. The third-order valence-corrected chi connectivity index (χ3v) is 7.57. The minimum atomic E-state index is -4.54. The standard InChI is InChI=1S/C23H28F3N3O4S/c1-4-33-18-6-8-19(9-7-18)34(31,32)29-13-11-16(12-14-29)22(30)27-20-15-17(23(24,25)26)5-10-21(20)28(2)3/h5-10,15-16H,4,11-14H2,1-3H3,(H,27,30). The van der Waals surface area contributed by atoms with Crippen molar-refractivity contribution in [1.82, 2.24) is 4.31 Å². The Morgan fingerprint density at radius 3 is 2.26 bits per heavy atom. The van der Waals surface area contributed by atoms with Crippen LogP contribution in [-0.4, -0.2) is 52.4 Å². The molecule has 7 nitrogen and oxygen atoms in total. The van der Waals surface area contributed by atoms with Gasteiger partial charge in [0.15, 0.2) is 0 Å². The van der Waals surface area contributed by atoms with Crippen molar-refractivity contribution in [3.05, 3.63) is 48.0 Å².